The molecule has 0 radical (unpaired) electrons. The van der Waals surface area contributed by atoms with Crippen molar-refractivity contribution in [1.82, 2.24) is 9.80 Å². The van der Waals surface area contributed by atoms with Gasteiger partial charge in [0.25, 0.3) is 0 Å². The average Bonchev–Trinajstić information content (AvgIpc) is 2.83. The molecule has 1 fully saturated rings. The largest absolute Gasteiger partial charge is 0.416 e. The zero-order valence-electron chi connectivity index (χ0n) is 18.8. The van der Waals surface area contributed by atoms with Crippen LogP contribution in [0.5, 0.6) is 0 Å². The topological polar surface area (TPSA) is 67.6 Å². The fraction of sp³-hybridized carbons (Fsp3) is 0.400. The molecule has 1 heterocycles. The number of carbonyl (C=O) groups excluding carboxylic acids is 2. The number of nitriles is 1. The van der Waals surface area contributed by atoms with Crippen molar-refractivity contribution in [2.45, 2.75) is 32.0 Å². The molecule has 0 unspecified atom stereocenters. The maximum atomic E-state index is 12.7. The van der Waals surface area contributed by atoms with Crippen LogP contribution >= 0.6 is 0 Å². The number of piperazine rings is 1. The summed E-state index contributed by atoms with van der Waals surface area (Å²) in [6.07, 6.45) is -3.99. The molecule has 1 aliphatic rings. The van der Waals surface area contributed by atoms with E-state index in [1.165, 1.54) is 12.1 Å². The van der Waals surface area contributed by atoms with E-state index in [1.54, 1.807) is 21.9 Å². The lowest BCUT2D eigenvalue weighted by atomic mass is 10.1. The van der Waals surface area contributed by atoms with E-state index in [4.69, 9.17) is 5.26 Å². The summed E-state index contributed by atoms with van der Waals surface area (Å²) in [5.41, 5.74) is 0.823. The van der Waals surface area contributed by atoms with E-state index in [2.05, 4.69) is 4.90 Å². The van der Waals surface area contributed by atoms with Gasteiger partial charge in [0.15, 0.2) is 0 Å². The van der Waals surface area contributed by atoms with E-state index in [0.29, 0.717) is 38.4 Å². The summed E-state index contributed by atoms with van der Waals surface area (Å²) in [6, 6.07) is 16.3. The van der Waals surface area contributed by atoms with E-state index in [1.807, 2.05) is 24.3 Å². The van der Waals surface area contributed by atoms with Crippen molar-refractivity contribution in [3.8, 4) is 6.07 Å². The number of hydrogen-bond donors (Lipinski definition) is 0. The van der Waals surface area contributed by atoms with Crippen molar-refractivity contribution in [2.24, 2.45) is 0 Å². The monoisotopic (exact) mass is 472 g/mol. The van der Waals surface area contributed by atoms with Gasteiger partial charge in [-0.2, -0.15) is 18.4 Å². The molecule has 9 heteroatoms. The van der Waals surface area contributed by atoms with Crippen molar-refractivity contribution in [3.05, 3.63) is 65.7 Å². The normalized spacial score (nSPS) is 14.5. The number of anilines is 1. The molecule has 180 valence electrons. The highest BCUT2D eigenvalue weighted by atomic mass is 19.4. The van der Waals surface area contributed by atoms with Crippen LogP contribution in [0.1, 0.15) is 30.4 Å². The Hall–Kier alpha value is -3.38. The third kappa shape index (κ3) is 7.06. The van der Waals surface area contributed by atoms with Crippen LogP contribution in [0.25, 0.3) is 0 Å². The van der Waals surface area contributed by atoms with Crippen LogP contribution in [0.15, 0.2) is 54.6 Å². The van der Waals surface area contributed by atoms with Gasteiger partial charge < -0.3 is 9.80 Å². The molecule has 0 aliphatic carbocycles. The summed E-state index contributed by atoms with van der Waals surface area (Å²) < 4.78 is 38.1. The molecule has 1 aliphatic heterocycles. The van der Waals surface area contributed by atoms with Gasteiger partial charge in [0, 0.05) is 57.8 Å². The Balaban J connectivity index is 1.46. The van der Waals surface area contributed by atoms with Gasteiger partial charge in [0.1, 0.15) is 0 Å². The van der Waals surface area contributed by atoms with Gasteiger partial charge >= 0.3 is 6.18 Å². The van der Waals surface area contributed by atoms with Crippen molar-refractivity contribution in [3.63, 3.8) is 0 Å². The summed E-state index contributed by atoms with van der Waals surface area (Å²) >= 11 is 0. The summed E-state index contributed by atoms with van der Waals surface area (Å²) in [7, 11) is 0. The van der Waals surface area contributed by atoms with Crippen molar-refractivity contribution >= 4 is 17.5 Å². The lowest BCUT2D eigenvalue weighted by molar-refractivity contribution is -0.137. The molecule has 2 aromatic carbocycles. The van der Waals surface area contributed by atoms with Crippen LogP contribution < -0.4 is 4.90 Å². The third-order valence-electron chi connectivity index (χ3n) is 5.78. The van der Waals surface area contributed by atoms with E-state index < -0.39 is 11.7 Å². The molecule has 1 saturated heterocycles. The zero-order valence-corrected chi connectivity index (χ0v) is 18.8. The highest BCUT2D eigenvalue weighted by Gasteiger charge is 2.30. The molecule has 3 rings (SSSR count). The van der Waals surface area contributed by atoms with Crippen LogP contribution in [0, 0.1) is 11.3 Å². The molecule has 0 bridgehead atoms. The minimum atomic E-state index is -4.35. The average molecular weight is 473 g/mol. The number of benzene rings is 2. The maximum Gasteiger partial charge on any atom is 0.416 e. The summed E-state index contributed by atoms with van der Waals surface area (Å²) in [4.78, 5) is 30.7. The molecular weight excluding hydrogens is 445 g/mol. The second-order valence-corrected chi connectivity index (χ2v) is 8.14. The van der Waals surface area contributed by atoms with Crippen molar-refractivity contribution in [1.29, 1.82) is 5.26 Å². The summed E-state index contributed by atoms with van der Waals surface area (Å²) in [5.74, 6) is -0.299. The number of hydrogen-bond acceptors (Lipinski definition) is 4. The minimum Gasteiger partial charge on any atom is -0.340 e. The lowest BCUT2D eigenvalue weighted by Crippen LogP contribution is -2.48. The Morgan fingerprint density at radius 3 is 2.18 bits per heavy atom. The number of carbonyl (C=O) groups is 2. The van der Waals surface area contributed by atoms with E-state index >= 15 is 0 Å². The van der Waals surface area contributed by atoms with Crippen LogP contribution in [0.3, 0.4) is 0 Å². The maximum absolute atomic E-state index is 12.7. The number of alkyl halides is 3. The second kappa shape index (κ2) is 11.7. The summed E-state index contributed by atoms with van der Waals surface area (Å²) in [6.45, 7) is 3.02. The van der Waals surface area contributed by atoms with Gasteiger partial charge in [0.05, 0.1) is 18.1 Å². The first-order valence-corrected chi connectivity index (χ1v) is 11.2. The quantitative estimate of drug-likeness (QED) is 0.581. The predicted molar refractivity (Wildman–Crippen MR) is 122 cm³/mol. The Bertz CT molecular complexity index is 996. The highest BCUT2D eigenvalue weighted by molar-refractivity contribution is 5.95. The Kier molecular flexibility index (Phi) is 8.66. The molecule has 6 nitrogen and oxygen atoms in total. The van der Waals surface area contributed by atoms with Gasteiger partial charge in [-0.15, -0.1) is 0 Å². The number of amides is 2. The molecule has 34 heavy (non-hydrogen) atoms. The fourth-order valence-corrected chi connectivity index (χ4v) is 3.89. The Labute approximate surface area is 197 Å². The number of halogens is 3. The van der Waals surface area contributed by atoms with Gasteiger partial charge in [-0.3, -0.25) is 14.5 Å². The summed E-state index contributed by atoms with van der Waals surface area (Å²) in [5, 5.41) is 8.89. The van der Waals surface area contributed by atoms with Gasteiger partial charge in [0.2, 0.25) is 11.8 Å². The van der Waals surface area contributed by atoms with Crippen molar-refractivity contribution < 1.29 is 22.8 Å². The van der Waals surface area contributed by atoms with Gasteiger partial charge in [-0.25, -0.2) is 0 Å². The van der Waals surface area contributed by atoms with E-state index in [-0.39, 0.29) is 37.6 Å². The number of nitrogens with zero attached hydrogens (tertiary/aromatic N) is 4. The first-order chi connectivity index (χ1) is 16.3. The van der Waals surface area contributed by atoms with Crippen molar-refractivity contribution in [2.75, 3.05) is 37.6 Å². The van der Waals surface area contributed by atoms with Crippen LogP contribution in [-0.2, 0) is 22.3 Å². The first kappa shape index (κ1) is 25.2. The molecule has 0 atom stereocenters. The van der Waals surface area contributed by atoms with Gasteiger partial charge in [-0.1, -0.05) is 30.3 Å². The molecular formula is C25H27F3N4O2. The first-order valence-electron chi connectivity index (χ1n) is 11.2. The smallest absolute Gasteiger partial charge is 0.340 e. The Morgan fingerprint density at radius 2 is 1.59 bits per heavy atom. The number of rotatable bonds is 8. The molecule has 0 N–H and O–H groups in total. The van der Waals surface area contributed by atoms with E-state index in [0.717, 1.165) is 17.7 Å². The van der Waals surface area contributed by atoms with Gasteiger partial charge in [-0.05, 0) is 29.8 Å². The minimum absolute atomic E-state index is 0.0604. The van der Waals surface area contributed by atoms with Crippen LogP contribution in [-0.4, -0.2) is 54.3 Å². The predicted octanol–water partition coefficient (Wildman–Crippen LogP) is 4.08. The number of para-hydroxylation sites is 1. The molecule has 0 aromatic heterocycles. The standard InChI is InChI=1S/C25H27F3N4O2/c26-25(27,28)21-9-7-20(8-10-21)19-30-15-17-31(18-16-30)23(33)11-12-24(34)32(14-4-13-29)22-5-2-1-3-6-22/h1-3,5-10H,4,11-12,14-19H2. The lowest BCUT2D eigenvalue weighted by Gasteiger charge is -2.35. The molecule has 2 amide bonds. The van der Waals surface area contributed by atoms with Crippen LogP contribution in [0.2, 0.25) is 0 Å². The molecule has 0 spiro atoms. The van der Waals surface area contributed by atoms with E-state index in [9.17, 15) is 22.8 Å². The third-order valence-corrected chi connectivity index (χ3v) is 5.78. The Morgan fingerprint density at radius 1 is 0.941 bits per heavy atom. The highest BCUT2D eigenvalue weighted by Crippen LogP contribution is 2.29. The SMILES string of the molecule is N#CCCN(C(=O)CCC(=O)N1CCN(Cc2ccc(C(F)(F)F)cc2)CC1)c1ccccc1. The zero-order chi connectivity index (χ0) is 24.6. The molecule has 2 aromatic rings. The van der Waals surface area contributed by atoms with Crippen LogP contribution in [0.4, 0.5) is 18.9 Å². The molecule has 0 saturated carbocycles. The second-order valence-electron chi connectivity index (χ2n) is 8.14. The fourth-order valence-electron chi connectivity index (χ4n) is 3.89.